The number of imidazole rings is 1. The summed E-state index contributed by atoms with van der Waals surface area (Å²) < 4.78 is 3.64. The van der Waals surface area contributed by atoms with Crippen molar-refractivity contribution in [3.63, 3.8) is 0 Å². The van der Waals surface area contributed by atoms with Gasteiger partial charge in [-0.3, -0.25) is 9.59 Å². The summed E-state index contributed by atoms with van der Waals surface area (Å²) in [7, 11) is 1.93. The Bertz CT molecular complexity index is 929. The van der Waals surface area contributed by atoms with Crippen LogP contribution in [0.25, 0.3) is 11.0 Å². The molecule has 0 unspecified atom stereocenters. The van der Waals surface area contributed by atoms with Crippen LogP contribution in [0.15, 0.2) is 54.9 Å². The maximum Gasteiger partial charge on any atom is 0.286 e. The van der Waals surface area contributed by atoms with E-state index in [1.54, 1.807) is 28.9 Å². The van der Waals surface area contributed by atoms with Crippen LogP contribution in [0.3, 0.4) is 0 Å². The fraction of sp³-hybridized carbons (Fsp3) is 0.250. The van der Waals surface area contributed by atoms with Crippen molar-refractivity contribution in [2.24, 2.45) is 7.05 Å². The molecule has 2 N–H and O–H groups in total. The summed E-state index contributed by atoms with van der Waals surface area (Å²) in [5.74, 6) is -0.349. The summed E-state index contributed by atoms with van der Waals surface area (Å²) in [6.45, 7) is 2.74. The van der Waals surface area contributed by atoms with Crippen molar-refractivity contribution in [3.05, 3.63) is 66.0 Å². The maximum absolute atomic E-state index is 12.5. The zero-order valence-electron chi connectivity index (χ0n) is 15.0. The van der Waals surface area contributed by atoms with Crippen LogP contribution < -0.4 is 15.3 Å². The summed E-state index contributed by atoms with van der Waals surface area (Å²) >= 11 is 0. The lowest BCUT2D eigenvalue weighted by Crippen LogP contribution is -2.28. The minimum Gasteiger partial charge on any atom is -0.352 e. The highest BCUT2D eigenvalue weighted by molar-refractivity contribution is 6.02. The predicted molar refractivity (Wildman–Crippen MR) is 100 cm³/mol. The molecule has 3 rings (SSSR count). The predicted octanol–water partition coefficient (Wildman–Crippen LogP) is 2.38. The van der Waals surface area contributed by atoms with Crippen LogP contribution in [0, 0.1) is 0 Å². The number of hydrogen-bond acceptors (Lipinski definition) is 2. The van der Waals surface area contributed by atoms with Crippen molar-refractivity contribution in [1.82, 2.24) is 9.99 Å². The van der Waals surface area contributed by atoms with Crippen molar-refractivity contribution >= 4 is 22.8 Å². The minimum absolute atomic E-state index is 0.117. The van der Waals surface area contributed by atoms with E-state index in [4.69, 9.17) is 0 Å². The molecule has 1 heterocycles. The van der Waals surface area contributed by atoms with Crippen molar-refractivity contribution in [1.29, 1.82) is 0 Å². The van der Waals surface area contributed by atoms with E-state index in [1.807, 2.05) is 42.2 Å². The van der Waals surface area contributed by atoms with Gasteiger partial charge < -0.3 is 5.32 Å². The van der Waals surface area contributed by atoms with E-state index in [1.165, 1.54) is 0 Å². The lowest BCUT2D eigenvalue weighted by molar-refractivity contribution is -0.645. The van der Waals surface area contributed by atoms with E-state index in [-0.39, 0.29) is 11.8 Å². The number of carbonyl (C=O) groups excluding carboxylic acids is 2. The minimum atomic E-state index is -0.232. The zero-order valence-corrected chi connectivity index (χ0v) is 15.0. The second-order valence-corrected chi connectivity index (χ2v) is 6.21. The van der Waals surface area contributed by atoms with Gasteiger partial charge in [0.05, 0.1) is 7.05 Å². The van der Waals surface area contributed by atoms with Crippen LogP contribution in [0.2, 0.25) is 0 Å². The first kappa shape index (κ1) is 17.7. The molecule has 26 heavy (non-hydrogen) atoms. The molecular weight excluding hydrogens is 328 g/mol. The third kappa shape index (κ3) is 3.74. The van der Waals surface area contributed by atoms with Crippen LogP contribution in [-0.2, 0) is 7.05 Å². The first-order valence-corrected chi connectivity index (χ1v) is 8.75. The normalized spacial score (nSPS) is 10.7. The zero-order chi connectivity index (χ0) is 18.5. The first-order valence-electron chi connectivity index (χ1n) is 8.75. The third-order valence-corrected chi connectivity index (χ3v) is 4.26. The number of para-hydroxylation sites is 2. The van der Waals surface area contributed by atoms with E-state index in [0.29, 0.717) is 17.7 Å². The third-order valence-electron chi connectivity index (χ3n) is 4.26. The van der Waals surface area contributed by atoms with Crippen LogP contribution in [0.4, 0.5) is 0 Å². The molecule has 0 spiro atoms. The summed E-state index contributed by atoms with van der Waals surface area (Å²) in [6, 6.07) is 14.5. The van der Waals surface area contributed by atoms with Gasteiger partial charge in [-0.1, -0.05) is 25.5 Å². The molecule has 0 fully saturated rings. The monoisotopic (exact) mass is 351 g/mol. The van der Waals surface area contributed by atoms with Crippen LogP contribution in [0.5, 0.6) is 0 Å². The number of nitrogens with zero attached hydrogens (tertiary/aromatic N) is 2. The van der Waals surface area contributed by atoms with Gasteiger partial charge in [0.2, 0.25) is 0 Å². The van der Waals surface area contributed by atoms with E-state index in [2.05, 4.69) is 17.7 Å². The molecule has 134 valence electrons. The number of aryl methyl sites for hydroxylation is 1. The van der Waals surface area contributed by atoms with Crippen molar-refractivity contribution < 1.29 is 14.2 Å². The van der Waals surface area contributed by atoms with Gasteiger partial charge in [0, 0.05) is 17.7 Å². The van der Waals surface area contributed by atoms with Crippen LogP contribution in [0.1, 0.15) is 40.5 Å². The molecule has 0 atom stereocenters. The molecule has 0 saturated heterocycles. The molecular formula is C20H23N4O2+. The van der Waals surface area contributed by atoms with Gasteiger partial charge in [-0.05, 0) is 42.8 Å². The highest BCUT2D eigenvalue weighted by atomic mass is 16.2. The molecule has 2 amide bonds. The van der Waals surface area contributed by atoms with E-state index < -0.39 is 0 Å². The lowest BCUT2D eigenvalue weighted by atomic mass is 10.1. The topological polar surface area (TPSA) is 67.0 Å². The number of rotatable bonds is 6. The number of hydrogen-bond donors (Lipinski definition) is 2. The van der Waals surface area contributed by atoms with Gasteiger partial charge in [-0.15, -0.1) is 4.68 Å². The highest BCUT2D eigenvalue weighted by Crippen LogP contribution is 2.10. The summed E-state index contributed by atoms with van der Waals surface area (Å²) in [5, 5.41) is 2.86. The Morgan fingerprint density at radius 2 is 1.65 bits per heavy atom. The summed E-state index contributed by atoms with van der Waals surface area (Å²) in [6.07, 6.45) is 3.80. The van der Waals surface area contributed by atoms with Crippen molar-refractivity contribution in [2.75, 3.05) is 12.0 Å². The second kappa shape index (κ2) is 7.82. The molecule has 0 aliphatic heterocycles. The molecule has 0 saturated carbocycles. The van der Waals surface area contributed by atoms with Gasteiger partial charge in [0.15, 0.2) is 11.0 Å². The average molecular weight is 351 g/mol. The Morgan fingerprint density at radius 1 is 1.00 bits per heavy atom. The average Bonchev–Trinajstić information content (AvgIpc) is 2.98. The van der Waals surface area contributed by atoms with Crippen molar-refractivity contribution in [2.45, 2.75) is 19.8 Å². The largest absolute Gasteiger partial charge is 0.352 e. The number of aromatic nitrogens is 2. The standard InChI is InChI=1S/C20H22N4O2/c1-3-4-13-21-19(25)15-9-11-16(12-10-15)20(26)22-24-14-23(2)17-7-5-6-8-18(17)24/h5-12,14H,3-4,13H2,1-2H3,(H-,21,22,25,26)/p+1. The Hall–Kier alpha value is -3.15. The van der Waals surface area contributed by atoms with Gasteiger partial charge in [-0.25, -0.2) is 4.57 Å². The number of unbranched alkanes of at least 4 members (excludes halogenated alkanes) is 1. The summed E-state index contributed by atoms with van der Waals surface area (Å²) in [4.78, 5) is 24.5. The number of amides is 2. The van der Waals surface area contributed by atoms with Gasteiger partial charge in [-0.2, -0.15) is 5.43 Å². The number of benzene rings is 2. The number of carbonyl (C=O) groups is 2. The highest BCUT2D eigenvalue weighted by Gasteiger charge is 2.16. The van der Waals surface area contributed by atoms with Crippen LogP contribution >= 0.6 is 0 Å². The van der Waals surface area contributed by atoms with E-state index in [0.717, 1.165) is 23.9 Å². The van der Waals surface area contributed by atoms with Gasteiger partial charge >= 0.3 is 0 Å². The van der Waals surface area contributed by atoms with E-state index >= 15 is 0 Å². The van der Waals surface area contributed by atoms with Crippen LogP contribution in [-0.4, -0.2) is 23.0 Å². The number of nitrogens with one attached hydrogen (secondary N) is 2. The van der Waals surface area contributed by atoms with Crippen molar-refractivity contribution in [3.8, 4) is 0 Å². The fourth-order valence-corrected chi connectivity index (χ4v) is 2.78. The second-order valence-electron chi connectivity index (χ2n) is 6.21. The Kier molecular flexibility index (Phi) is 5.31. The molecule has 1 aromatic heterocycles. The first-order chi connectivity index (χ1) is 12.6. The molecule has 3 aromatic rings. The Balaban J connectivity index is 1.71. The maximum atomic E-state index is 12.5. The Labute approximate surface area is 152 Å². The quantitative estimate of drug-likeness (QED) is 0.529. The fourth-order valence-electron chi connectivity index (χ4n) is 2.78. The molecule has 0 aliphatic carbocycles. The smallest absolute Gasteiger partial charge is 0.286 e. The van der Waals surface area contributed by atoms with E-state index in [9.17, 15) is 9.59 Å². The van der Waals surface area contributed by atoms with Gasteiger partial charge in [0.25, 0.3) is 18.1 Å². The Morgan fingerprint density at radius 3 is 2.35 bits per heavy atom. The summed E-state index contributed by atoms with van der Waals surface area (Å²) in [5.41, 5.74) is 5.85. The molecule has 0 aliphatic rings. The SMILES string of the molecule is CCCCNC(=O)c1ccc(C(=O)Nn2c[n+](C)c3ccccc32)cc1. The number of fused-ring (bicyclic) bond motifs is 1. The molecule has 6 heteroatoms. The lowest BCUT2D eigenvalue weighted by Gasteiger charge is -2.05. The molecule has 6 nitrogen and oxygen atoms in total. The molecule has 2 aromatic carbocycles. The molecule has 0 bridgehead atoms. The molecule has 0 radical (unpaired) electrons. The van der Waals surface area contributed by atoms with Gasteiger partial charge in [0.1, 0.15) is 0 Å².